The average Bonchev–Trinajstić information content (AvgIpc) is 3.29. The van der Waals surface area contributed by atoms with E-state index in [4.69, 9.17) is 4.52 Å². The summed E-state index contributed by atoms with van der Waals surface area (Å²) >= 11 is 1.67. The third-order valence-electron chi connectivity index (χ3n) is 5.11. The van der Waals surface area contributed by atoms with Crippen LogP contribution in [0.1, 0.15) is 30.1 Å². The summed E-state index contributed by atoms with van der Waals surface area (Å²) in [6, 6.07) is 8.17. The molecule has 0 radical (unpaired) electrons. The minimum atomic E-state index is -0.0523. The molecular weight excluding hydrogens is 350 g/mol. The molecule has 8 heteroatoms. The lowest BCUT2D eigenvalue weighted by atomic mass is 10.1. The molecule has 2 aromatic rings. The Morgan fingerprint density at radius 1 is 1.38 bits per heavy atom. The predicted octanol–water partition coefficient (Wildman–Crippen LogP) is 1.89. The van der Waals surface area contributed by atoms with Crippen molar-refractivity contribution in [3.63, 3.8) is 0 Å². The number of hydrogen-bond acceptors (Lipinski definition) is 7. The number of carbonyl (C=O) groups is 1. The molecular formula is C18H23N5O2S. The first-order valence-electron chi connectivity index (χ1n) is 8.84. The quantitative estimate of drug-likeness (QED) is 0.820. The molecule has 0 spiro atoms. The Hall–Kier alpha value is -1.90. The van der Waals surface area contributed by atoms with Gasteiger partial charge in [0.1, 0.15) is 0 Å². The number of aromatic nitrogens is 2. The topological polar surface area (TPSA) is 74.5 Å². The molecule has 2 aliphatic rings. The van der Waals surface area contributed by atoms with Gasteiger partial charge in [-0.25, -0.2) is 0 Å². The number of anilines is 1. The molecule has 1 N–H and O–H groups in total. The lowest BCUT2D eigenvalue weighted by Gasteiger charge is -2.30. The summed E-state index contributed by atoms with van der Waals surface area (Å²) in [5.74, 6) is 1.31. The fourth-order valence-corrected chi connectivity index (χ4v) is 4.00. The Labute approximate surface area is 157 Å². The molecule has 26 heavy (non-hydrogen) atoms. The van der Waals surface area contributed by atoms with Crippen molar-refractivity contribution in [3.8, 4) is 0 Å². The van der Waals surface area contributed by atoms with Gasteiger partial charge < -0.3 is 14.7 Å². The smallest absolute Gasteiger partial charge is 0.232 e. The molecule has 0 bridgehead atoms. The number of hydrogen-bond donors (Lipinski definition) is 1. The number of nitrogens with one attached hydrogen (secondary N) is 1. The van der Waals surface area contributed by atoms with E-state index in [1.165, 1.54) is 0 Å². The molecule has 138 valence electrons. The number of nitrogens with zero attached hydrogens (tertiary/aromatic N) is 4. The van der Waals surface area contributed by atoms with Gasteiger partial charge in [-0.3, -0.25) is 9.69 Å². The van der Waals surface area contributed by atoms with Crippen LogP contribution in [0.2, 0.25) is 0 Å². The maximum absolute atomic E-state index is 12.5. The second-order valence-corrected chi connectivity index (χ2v) is 7.68. The number of carbonyl (C=O) groups excluding carboxylic acids is 1. The zero-order chi connectivity index (χ0) is 18.1. The van der Waals surface area contributed by atoms with Gasteiger partial charge in [-0.1, -0.05) is 11.2 Å². The highest BCUT2D eigenvalue weighted by atomic mass is 32.2. The second kappa shape index (κ2) is 7.38. The van der Waals surface area contributed by atoms with E-state index in [-0.39, 0.29) is 17.9 Å². The Bertz CT molecular complexity index is 795. The molecule has 7 nitrogen and oxygen atoms in total. The van der Waals surface area contributed by atoms with Crippen LogP contribution in [-0.2, 0) is 4.79 Å². The fraction of sp³-hybridized carbons (Fsp3) is 0.500. The van der Waals surface area contributed by atoms with Gasteiger partial charge in [0.15, 0.2) is 5.82 Å². The summed E-state index contributed by atoms with van der Waals surface area (Å²) in [7, 11) is 2.07. The van der Waals surface area contributed by atoms with Crippen molar-refractivity contribution < 1.29 is 9.32 Å². The standard InChI is InChI=1S/C18H23N5O2S/c1-22-7-6-19-10-15(22)17-20-18(25-21-17)12-8-16(24)23(11-12)13-4-3-5-14(9-13)26-2/h3-5,9,12,15,19H,6-8,10-11H2,1-2H3. The van der Waals surface area contributed by atoms with Crippen LogP contribution in [0.3, 0.4) is 0 Å². The summed E-state index contributed by atoms with van der Waals surface area (Å²) in [6.07, 6.45) is 2.44. The maximum Gasteiger partial charge on any atom is 0.232 e. The summed E-state index contributed by atoms with van der Waals surface area (Å²) in [4.78, 5) is 22.3. The van der Waals surface area contributed by atoms with Crippen molar-refractivity contribution in [1.29, 1.82) is 0 Å². The first-order chi connectivity index (χ1) is 12.7. The third-order valence-corrected chi connectivity index (χ3v) is 5.83. The van der Waals surface area contributed by atoms with E-state index in [1.54, 1.807) is 11.8 Å². The van der Waals surface area contributed by atoms with E-state index >= 15 is 0 Å². The summed E-state index contributed by atoms with van der Waals surface area (Å²) in [6.45, 7) is 3.32. The Morgan fingerprint density at radius 3 is 3.08 bits per heavy atom. The first kappa shape index (κ1) is 17.5. The highest BCUT2D eigenvalue weighted by Gasteiger charge is 2.36. The van der Waals surface area contributed by atoms with Gasteiger partial charge in [0, 0.05) is 43.2 Å². The number of rotatable bonds is 4. The highest BCUT2D eigenvalue weighted by Crippen LogP contribution is 2.33. The zero-order valence-electron chi connectivity index (χ0n) is 15.0. The molecule has 2 saturated heterocycles. The van der Waals surface area contributed by atoms with Crippen molar-refractivity contribution in [2.24, 2.45) is 0 Å². The number of thioether (sulfide) groups is 1. The maximum atomic E-state index is 12.5. The van der Waals surface area contributed by atoms with Crippen LogP contribution < -0.4 is 10.2 Å². The normalized spacial score (nSPS) is 24.4. The van der Waals surface area contributed by atoms with E-state index in [0.29, 0.717) is 24.7 Å². The van der Waals surface area contributed by atoms with E-state index in [1.807, 2.05) is 35.4 Å². The van der Waals surface area contributed by atoms with Crippen LogP contribution in [0.5, 0.6) is 0 Å². The van der Waals surface area contributed by atoms with Gasteiger partial charge in [-0.05, 0) is 31.5 Å². The highest BCUT2D eigenvalue weighted by molar-refractivity contribution is 7.98. The number of amides is 1. The molecule has 4 rings (SSSR count). The summed E-state index contributed by atoms with van der Waals surface area (Å²) < 4.78 is 5.53. The van der Waals surface area contributed by atoms with Crippen LogP contribution in [0, 0.1) is 0 Å². The monoisotopic (exact) mass is 373 g/mol. The summed E-state index contributed by atoms with van der Waals surface area (Å²) in [5.41, 5.74) is 0.931. The van der Waals surface area contributed by atoms with Gasteiger partial charge in [0.05, 0.1) is 12.0 Å². The number of piperazine rings is 1. The Balaban J connectivity index is 1.50. The molecule has 2 aliphatic heterocycles. The molecule has 1 amide bonds. The van der Waals surface area contributed by atoms with Gasteiger partial charge in [0.2, 0.25) is 11.8 Å². The lowest BCUT2D eigenvalue weighted by Crippen LogP contribution is -2.44. The van der Waals surface area contributed by atoms with Gasteiger partial charge >= 0.3 is 0 Å². The van der Waals surface area contributed by atoms with E-state index in [0.717, 1.165) is 30.2 Å². The van der Waals surface area contributed by atoms with Gasteiger partial charge in [-0.2, -0.15) is 4.98 Å². The lowest BCUT2D eigenvalue weighted by molar-refractivity contribution is -0.117. The van der Waals surface area contributed by atoms with Crippen LogP contribution in [-0.4, -0.2) is 60.4 Å². The molecule has 2 fully saturated rings. The Morgan fingerprint density at radius 2 is 2.27 bits per heavy atom. The van der Waals surface area contributed by atoms with Crippen molar-refractivity contribution in [2.45, 2.75) is 23.3 Å². The largest absolute Gasteiger partial charge is 0.339 e. The van der Waals surface area contributed by atoms with Crippen molar-refractivity contribution in [2.75, 3.05) is 44.4 Å². The molecule has 1 aromatic heterocycles. The zero-order valence-corrected chi connectivity index (χ0v) is 15.8. The van der Waals surface area contributed by atoms with Gasteiger partial charge in [-0.15, -0.1) is 11.8 Å². The second-order valence-electron chi connectivity index (χ2n) is 6.80. The van der Waals surface area contributed by atoms with E-state index in [2.05, 4.69) is 27.4 Å². The molecule has 0 saturated carbocycles. The minimum absolute atomic E-state index is 0.0523. The molecule has 1 aromatic carbocycles. The number of benzene rings is 1. The molecule has 2 unspecified atom stereocenters. The SMILES string of the molecule is CSc1cccc(N2CC(c3nc(C4CNCCN4C)no3)CC2=O)c1. The van der Waals surface area contributed by atoms with E-state index in [9.17, 15) is 4.79 Å². The van der Waals surface area contributed by atoms with Crippen molar-refractivity contribution in [1.82, 2.24) is 20.4 Å². The van der Waals surface area contributed by atoms with Gasteiger partial charge in [0.25, 0.3) is 0 Å². The molecule has 3 heterocycles. The van der Waals surface area contributed by atoms with Crippen LogP contribution in [0.15, 0.2) is 33.7 Å². The van der Waals surface area contributed by atoms with Crippen LogP contribution >= 0.6 is 11.8 Å². The molecule has 2 atom stereocenters. The predicted molar refractivity (Wildman–Crippen MR) is 100 cm³/mol. The average molecular weight is 373 g/mol. The minimum Gasteiger partial charge on any atom is -0.339 e. The van der Waals surface area contributed by atoms with E-state index < -0.39 is 0 Å². The first-order valence-corrected chi connectivity index (χ1v) is 10.1. The third kappa shape index (κ3) is 3.36. The fourth-order valence-electron chi connectivity index (χ4n) is 3.54. The van der Waals surface area contributed by atoms with Crippen LogP contribution in [0.4, 0.5) is 5.69 Å². The number of likely N-dealkylation sites (N-methyl/N-ethyl adjacent to an activating group) is 1. The van der Waals surface area contributed by atoms with Crippen molar-refractivity contribution >= 4 is 23.4 Å². The Kier molecular flexibility index (Phi) is 4.97. The molecule has 0 aliphatic carbocycles. The van der Waals surface area contributed by atoms with Crippen molar-refractivity contribution in [3.05, 3.63) is 36.0 Å². The van der Waals surface area contributed by atoms with Crippen LogP contribution in [0.25, 0.3) is 0 Å². The summed E-state index contributed by atoms with van der Waals surface area (Å²) in [5, 5.41) is 7.55.